The van der Waals surface area contributed by atoms with Crippen molar-refractivity contribution in [1.29, 1.82) is 0 Å². The van der Waals surface area contributed by atoms with E-state index < -0.39 is 6.10 Å². The smallest absolute Gasteiger partial charge is 0.133 e. The third kappa shape index (κ3) is 7.78. The molecule has 0 heterocycles. The molecule has 0 spiro atoms. The van der Waals surface area contributed by atoms with Gasteiger partial charge in [-0.25, -0.2) is 0 Å². The van der Waals surface area contributed by atoms with Gasteiger partial charge in [0.1, 0.15) is 18.5 Å². The van der Waals surface area contributed by atoms with Gasteiger partial charge in [-0.1, -0.05) is 18.8 Å². The Labute approximate surface area is 85.5 Å². The number of ether oxygens (including phenoxy) is 1. The summed E-state index contributed by atoms with van der Waals surface area (Å²) in [7, 11) is 1.55. The molecule has 0 aromatic heterocycles. The van der Waals surface area contributed by atoms with Crippen LogP contribution in [0.5, 0.6) is 0 Å². The van der Waals surface area contributed by atoms with E-state index in [1.54, 1.807) is 7.11 Å². The van der Waals surface area contributed by atoms with Crippen LogP contribution in [0.15, 0.2) is 0 Å². The van der Waals surface area contributed by atoms with Gasteiger partial charge in [0.05, 0.1) is 0 Å². The van der Waals surface area contributed by atoms with Crippen molar-refractivity contribution in [3.8, 4) is 11.8 Å². The zero-order valence-corrected chi connectivity index (χ0v) is 8.88. The van der Waals surface area contributed by atoms with Crippen LogP contribution in [0.3, 0.4) is 0 Å². The van der Waals surface area contributed by atoms with Crippen LogP contribution in [-0.4, -0.2) is 30.7 Å². The van der Waals surface area contributed by atoms with Gasteiger partial charge >= 0.3 is 0 Å². The lowest BCUT2D eigenvalue weighted by atomic mass is 10.1. The van der Waals surface area contributed by atoms with E-state index in [1.165, 1.54) is 0 Å². The normalized spacial score (nSPS) is 11.6. The maximum Gasteiger partial charge on any atom is 0.133 e. The highest BCUT2D eigenvalue weighted by atomic mass is 16.5. The van der Waals surface area contributed by atoms with E-state index >= 15 is 0 Å². The predicted octanol–water partition coefficient (Wildman–Crippen LogP) is 1.15. The average Bonchev–Trinajstić information content (AvgIpc) is 2.16. The standard InChI is InChI=1S/C11H18O3/c1-3-5-10(12)7-8-11(13)6-4-9-14-2/h11,13H,3,5,7-9H2,1-2H3. The van der Waals surface area contributed by atoms with E-state index in [0.29, 0.717) is 25.9 Å². The van der Waals surface area contributed by atoms with Crippen LogP contribution in [0.1, 0.15) is 32.6 Å². The third-order valence-corrected chi connectivity index (χ3v) is 1.71. The molecule has 0 fully saturated rings. The number of hydrogen-bond acceptors (Lipinski definition) is 3. The first-order valence-corrected chi connectivity index (χ1v) is 4.87. The fraction of sp³-hybridized carbons (Fsp3) is 0.727. The first kappa shape index (κ1) is 13.2. The Bertz CT molecular complexity index is 212. The number of Topliss-reactive ketones (excluding diaryl/α,β-unsaturated/α-hetero) is 1. The van der Waals surface area contributed by atoms with Gasteiger partial charge in [-0.3, -0.25) is 4.79 Å². The van der Waals surface area contributed by atoms with Crippen molar-refractivity contribution < 1.29 is 14.6 Å². The number of carbonyl (C=O) groups excluding carboxylic acids is 1. The summed E-state index contributed by atoms with van der Waals surface area (Å²) in [5, 5.41) is 9.31. The van der Waals surface area contributed by atoms with E-state index in [4.69, 9.17) is 4.74 Å². The summed E-state index contributed by atoms with van der Waals surface area (Å²) in [6.45, 7) is 2.28. The highest BCUT2D eigenvalue weighted by Crippen LogP contribution is 2.01. The van der Waals surface area contributed by atoms with Gasteiger partial charge < -0.3 is 9.84 Å². The van der Waals surface area contributed by atoms with Crippen LogP contribution in [0.4, 0.5) is 0 Å². The second-order valence-corrected chi connectivity index (χ2v) is 3.10. The summed E-state index contributed by atoms with van der Waals surface area (Å²) < 4.78 is 4.70. The summed E-state index contributed by atoms with van der Waals surface area (Å²) in [5.74, 6) is 5.46. The van der Waals surface area contributed by atoms with Gasteiger partial charge in [0.25, 0.3) is 0 Å². The van der Waals surface area contributed by atoms with E-state index in [1.807, 2.05) is 6.92 Å². The molecule has 0 bridgehead atoms. The number of hydrogen-bond donors (Lipinski definition) is 1. The number of methoxy groups -OCH3 is 1. The molecule has 1 atom stereocenters. The quantitative estimate of drug-likeness (QED) is 0.651. The molecule has 1 unspecified atom stereocenters. The zero-order chi connectivity index (χ0) is 10.8. The summed E-state index contributed by atoms with van der Waals surface area (Å²) in [6.07, 6.45) is 1.60. The molecule has 14 heavy (non-hydrogen) atoms. The van der Waals surface area contributed by atoms with Gasteiger partial charge in [0.2, 0.25) is 0 Å². The maximum absolute atomic E-state index is 11.1. The van der Waals surface area contributed by atoms with Crippen LogP contribution in [-0.2, 0) is 9.53 Å². The fourth-order valence-electron chi connectivity index (χ4n) is 1.01. The lowest BCUT2D eigenvalue weighted by Crippen LogP contribution is -2.07. The van der Waals surface area contributed by atoms with Crippen molar-refractivity contribution in [2.45, 2.75) is 38.7 Å². The van der Waals surface area contributed by atoms with Gasteiger partial charge in [-0.15, -0.1) is 0 Å². The molecule has 0 aliphatic heterocycles. The molecule has 3 heteroatoms. The van der Waals surface area contributed by atoms with E-state index in [-0.39, 0.29) is 5.78 Å². The Kier molecular flexibility index (Phi) is 8.20. The lowest BCUT2D eigenvalue weighted by molar-refractivity contribution is -0.119. The van der Waals surface area contributed by atoms with Crippen molar-refractivity contribution in [1.82, 2.24) is 0 Å². The average molecular weight is 198 g/mol. The van der Waals surface area contributed by atoms with E-state index in [9.17, 15) is 9.90 Å². The van der Waals surface area contributed by atoms with E-state index in [0.717, 1.165) is 6.42 Å². The van der Waals surface area contributed by atoms with Crippen molar-refractivity contribution in [2.75, 3.05) is 13.7 Å². The lowest BCUT2D eigenvalue weighted by Gasteiger charge is -2.01. The summed E-state index contributed by atoms with van der Waals surface area (Å²) >= 11 is 0. The molecular formula is C11H18O3. The Morgan fingerprint density at radius 1 is 1.50 bits per heavy atom. The monoisotopic (exact) mass is 198 g/mol. The number of rotatable bonds is 6. The van der Waals surface area contributed by atoms with Crippen molar-refractivity contribution >= 4 is 5.78 Å². The predicted molar refractivity (Wildman–Crippen MR) is 54.8 cm³/mol. The Morgan fingerprint density at radius 3 is 2.79 bits per heavy atom. The van der Waals surface area contributed by atoms with Gasteiger partial charge in [-0.05, 0) is 12.8 Å². The Morgan fingerprint density at radius 2 is 2.21 bits per heavy atom. The highest BCUT2D eigenvalue weighted by molar-refractivity contribution is 5.78. The third-order valence-electron chi connectivity index (χ3n) is 1.71. The van der Waals surface area contributed by atoms with Gasteiger partial charge in [-0.2, -0.15) is 0 Å². The summed E-state index contributed by atoms with van der Waals surface area (Å²) in [5.41, 5.74) is 0. The molecule has 0 radical (unpaired) electrons. The second kappa shape index (κ2) is 8.74. The minimum atomic E-state index is -0.703. The molecular weight excluding hydrogens is 180 g/mol. The van der Waals surface area contributed by atoms with Gasteiger partial charge in [0.15, 0.2) is 0 Å². The highest BCUT2D eigenvalue weighted by Gasteiger charge is 2.04. The summed E-state index contributed by atoms with van der Waals surface area (Å²) in [6, 6.07) is 0. The Hall–Kier alpha value is -0.850. The SMILES string of the molecule is CCCC(=O)CCC(O)C#CCOC. The van der Waals surface area contributed by atoms with Crippen LogP contribution in [0.2, 0.25) is 0 Å². The summed E-state index contributed by atoms with van der Waals surface area (Å²) in [4.78, 5) is 11.1. The van der Waals surface area contributed by atoms with Gasteiger partial charge in [0, 0.05) is 20.0 Å². The number of aliphatic hydroxyl groups is 1. The fourth-order valence-corrected chi connectivity index (χ4v) is 1.01. The first-order chi connectivity index (χ1) is 6.70. The van der Waals surface area contributed by atoms with Crippen LogP contribution in [0, 0.1) is 11.8 Å². The van der Waals surface area contributed by atoms with Crippen molar-refractivity contribution in [3.63, 3.8) is 0 Å². The zero-order valence-electron chi connectivity index (χ0n) is 8.88. The molecule has 0 aromatic carbocycles. The minimum absolute atomic E-state index is 0.195. The van der Waals surface area contributed by atoms with Crippen molar-refractivity contribution in [2.24, 2.45) is 0 Å². The Balaban J connectivity index is 3.59. The molecule has 0 amide bonds. The molecule has 0 aliphatic carbocycles. The first-order valence-electron chi connectivity index (χ1n) is 4.87. The molecule has 0 saturated heterocycles. The number of ketones is 1. The minimum Gasteiger partial charge on any atom is -0.380 e. The number of aliphatic hydroxyl groups excluding tert-OH is 1. The maximum atomic E-state index is 11.1. The van der Waals surface area contributed by atoms with Crippen LogP contribution < -0.4 is 0 Å². The largest absolute Gasteiger partial charge is 0.380 e. The van der Waals surface area contributed by atoms with Crippen molar-refractivity contribution in [3.05, 3.63) is 0 Å². The molecule has 3 nitrogen and oxygen atoms in total. The van der Waals surface area contributed by atoms with E-state index in [2.05, 4.69) is 11.8 Å². The van der Waals surface area contributed by atoms with Crippen LogP contribution >= 0.6 is 0 Å². The topological polar surface area (TPSA) is 46.5 Å². The number of carbonyl (C=O) groups is 1. The molecule has 0 saturated carbocycles. The molecule has 80 valence electrons. The molecule has 0 aliphatic rings. The molecule has 1 N–H and O–H groups in total. The molecule has 0 aromatic rings. The second-order valence-electron chi connectivity index (χ2n) is 3.10. The van der Waals surface area contributed by atoms with Crippen LogP contribution in [0.25, 0.3) is 0 Å². The molecule has 0 rings (SSSR count).